The highest BCUT2D eigenvalue weighted by Crippen LogP contribution is 2.37. The quantitative estimate of drug-likeness (QED) is 0.527. The fraction of sp³-hybridized carbons (Fsp3) is 1.00. The molecule has 0 aromatic heterocycles. The van der Waals surface area contributed by atoms with Crippen molar-refractivity contribution in [1.29, 1.82) is 0 Å². The molecule has 0 aliphatic carbocycles. The van der Waals surface area contributed by atoms with Crippen LogP contribution >= 0.6 is 0 Å². The number of hydrogen-bond acceptors (Lipinski definition) is 1. The van der Waals surface area contributed by atoms with Crippen LogP contribution in [0.5, 0.6) is 0 Å². The van der Waals surface area contributed by atoms with Gasteiger partial charge in [-0.05, 0) is 19.5 Å². The van der Waals surface area contributed by atoms with Crippen molar-refractivity contribution in [2.75, 3.05) is 13.1 Å². The zero-order valence-corrected chi connectivity index (χ0v) is 5.99. The Kier molecular flexibility index (Phi) is 2.47. The zero-order valence-electron chi connectivity index (χ0n) is 5.99. The van der Waals surface area contributed by atoms with Crippen LogP contribution in [0.15, 0.2) is 0 Å². The first-order valence-electron chi connectivity index (χ1n) is 3.55. The largest absolute Gasteiger partial charge is 0.391 e. The van der Waals surface area contributed by atoms with E-state index in [1.165, 1.54) is 0 Å². The molecule has 1 nitrogen and oxygen atoms in total. The van der Waals surface area contributed by atoms with E-state index in [0.29, 0.717) is 6.54 Å². The Morgan fingerprint density at radius 1 is 1.36 bits per heavy atom. The third kappa shape index (κ3) is 2.12. The van der Waals surface area contributed by atoms with Gasteiger partial charge in [-0.2, -0.15) is 13.2 Å². The van der Waals surface area contributed by atoms with Crippen molar-refractivity contribution in [3.63, 3.8) is 0 Å². The smallest absolute Gasteiger partial charge is 0.317 e. The topological polar surface area (TPSA) is 12.0 Å². The van der Waals surface area contributed by atoms with Gasteiger partial charge in [-0.1, -0.05) is 5.82 Å². The number of nitrogens with one attached hydrogen (secondary N) is 1. The van der Waals surface area contributed by atoms with Crippen molar-refractivity contribution in [3.8, 4) is 0 Å². The van der Waals surface area contributed by atoms with E-state index in [4.69, 9.17) is 7.85 Å². The molecule has 0 spiro atoms. The Labute approximate surface area is 64.8 Å². The molecule has 1 heterocycles. The Balaban J connectivity index is 2.55. The number of hydrogen-bond donors (Lipinski definition) is 1. The van der Waals surface area contributed by atoms with Gasteiger partial charge < -0.3 is 5.32 Å². The SMILES string of the molecule is [B]C1CNCCC1C(F)(F)F. The van der Waals surface area contributed by atoms with E-state index >= 15 is 0 Å². The second-order valence-electron chi connectivity index (χ2n) is 2.80. The minimum absolute atomic E-state index is 0.102. The van der Waals surface area contributed by atoms with E-state index in [1.54, 1.807) is 0 Å². The maximum absolute atomic E-state index is 12.1. The van der Waals surface area contributed by atoms with Crippen molar-refractivity contribution in [1.82, 2.24) is 5.32 Å². The number of halogens is 3. The maximum Gasteiger partial charge on any atom is 0.391 e. The summed E-state index contributed by atoms with van der Waals surface area (Å²) in [5.41, 5.74) is 0. The maximum atomic E-state index is 12.1. The summed E-state index contributed by atoms with van der Waals surface area (Å²) in [7, 11) is 5.28. The molecule has 1 N–H and O–H groups in total. The molecule has 0 bridgehead atoms. The first-order valence-corrected chi connectivity index (χ1v) is 3.55. The van der Waals surface area contributed by atoms with E-state index in [2.05, 4.69) is 5.32 Å². The van der Waals surface area contributed by atoms with Gasteiger partial charge in [-0.25, -0.2) is 0 Å². The Hall–Kier alpha value is -0.185. The van der Waals surface area contributed by atoms with Gasteiger partial charge in [0, 0.05) is 0 Å². The van der Waals surface area contributed by atoms with Crippen LogP contribution in [0.3, 0.4) is 0 Å². The van der Waals surface area contributed by atoms with E-state index in [9.17, 15) is 13.2 Å². The van der Waals surface area contributed by atoms with Gasteiger partial charge >= 0.3 is 6.18 Å². The molecule has 0 saturated carbocycles. The molecule has 11 heavy (non-hydrogen) atoms. The predicted octanol–water partition coefficient (Wildman–Crippen LogP) is 1.12. The highest BCUT2D eigenvalue weighted by Gasteiger charge is 2.43. The van der Waals surface area contributed by atoms with Crippen molar-refractivity contribution in [3.05, 3.63) is 0 Å². The molecule has 2 atom stereocenters. The molecular weight excluding hydrogens is 154 g/mol. The van der Waals surface area contributed by atoms with Crippen LogP contribution in [0.1, 0.15) is 6.42 Å². The number of piperidine rings is 1. The van der Waals surface area contributed by atoms with Crippen LogP contribution < -0.4 is 5.32 Å². The highest BCUT2D eigenvalue weighted by molar-refractivity contribution is 6.12. The summed E-state index contributed by atoms with van der Waals surface area (Å²) in [6, 6.07) is 0. The monoisotopic (exact) mass is 163 g/mol. The lowest BCUT2D eigenvalue weighted by Gasteiger charge is -2.31. The van der Waals surface area contributed by atoms with Gasteiger partial charge in [0.1, 0.15) is 0 Å². The molecule has 1 fully saturated rings. The summed E-state index contributed by atoms with van der Waals surface area (Å²) < 4.78 is 36.3. The van der Waals surface area contributed by atoms with Gasteiger partial charge in [0.2, 0.25) is 0 Å². The lowest BCUT2D eigenvalue weighted by atomic mass is 9.73. The Morgan fingerprint density at radius 2 is 2.00 bits per heavy atom. The van der Waals surface area contributed by atoms with Gasteiger partial charge in [0.25, 0.3) is 0 Å². The van der Waals surface area contributed by atoms with Gasteiger partial charge in [-0.15, -0.1) is 0 Å². The summed E-state index contributed by atoms with van der Waals surface area (Å²) in [5.74, 6) is -2.09. The first kappa shape index (κ1) is 8.91. The molecule has 1 rings (SSSR count). The number of alkyl halides is 3. The molecule has 0 amide bonds. The van der Waals surface area contributed by atoms with Crippen LogP contribution in [0.2, 0.25) is 5.82 Å². The van der Waals surface area contributed by atoms with Crippen LogP contribution in [0.4, 0.5) is 13.2 Å². The van der Waals surface area contributed by atoms with E-state index < -0.39 is 17.9 Å². The standard InChI is InChI=1S/C6H9BF3N/c7-5-3-11-2-1-4(5)6(8,9)10/h4-5,11H,1-3H2. The molecule has 0 aromatic carbocycles. The lowest BCUT2D eigenvalue weighted by molar-refractivity contribution is -0.179. The molecule has 1 aliphatic heterocycles. The minimum atomic E-state index is -4.12. The molecular formula is C6H9BF3N. The van der Waals surface area contributed by atoms with E-state index in [-0.39, 0.29) is 13.0 Å². The van der Waals surface area contributed by atoms with Crippen molar-refractivity contribution < 1.29 is 13.2 Å². The van der Waals surface area contributed by atoms with Gasteiger partial charge in [0.05, 0.1) is 13.8 Å². The third-order valence-corrected chi connectivity index (χ3v) is 1.95. The summed E-state index contributed by atoms with van der Waals surface area (Å²) >= 11 is 0. The molecule has 62 valence electrons. The summed E-state index contributed by atoms with van der Waals surface area (Å²) in [4.78, 5) is 0. The Bertz CT molecular complexity index is 136. The van der Waals surface area contributed by atoms with E-state index in [0.717, 1.165) is 0 Å². The summed E-state index contributed by atoms with van der Waals surface area (Å²) in [6.45, 7) is 0.683. The van der Waals surface area contributed by atoms with Gasteiger partial charge in [0.15, 0.2) is 0 Å². The zero-order chi connectivity index (χ0) is 8.48. The summed E-state index contributed by atoms with van der Waals surface area (Å²) in [5, 5.41) is 2.81. The molecule has 2 unspecified atom stereocenters. The van der Waals surface area contributed by atoms with Crippen LogP contribution in [0.25, 0.3) is 0 Å². The fourth-order valence-electron chi connectivity index (χ4n) is 1.29. The molecule has 1 saturated heterocycles. The predicted molar refractivity (Wildman–Crippen MR) is 36.5 cm³/mol. The molecule has 0 aromatic rings. The first-order chi connectivity index (χ1) is 5.02. The minimum Gasteiger partial charge on any atom is -0.317 e. The van der Waals surface area contributed by atoms with E-state index in [1.807, 2.05) is 0 Å². The van der Waals surface area contributed by atoms with Crippen molar-refractivity contribution >= 4 is 7.85 Å². The average molecular weight is 163 g/mol. The Morgan fingerprint density at radius 3 is 2.36 bits per heavy atom. The van der Waals surface area contributed by atoms with Crippen LogP contribution in [0, 0.1) is 5.92 Å². The highest BCUT2D eigenvalue weighted by atomic mass is 19.4. The normalized spacial score (nSPS) is 33.7. The second-order valence-corrected chi connectivity index (χ2v) is 2.80. The molecule has 2 radical (unpaired) electrons. The van der Waals surface area contributed by atoms with Crippen molar-refractivity contribution in [2.45, 2.75) is 18.4 Å². The van der Waals surface area contributed by atoms with Crippen LogP contribution in [-0.4, -0.2) is 27.1 Å². The molecule has 5 heteroatoms. The molecule has 1 aliphatic rings. The summed E-state index contributed by atoms with van der Waals surface area (Å²) in [6.07, 6.45) is -4.02. The second kappa shape index (κ2) is 3.05. The number of rotatable bonds is 0. The van der Waals surface area contributed by atoms with Crippen LogP contribution in [-0.2, 0) is 0 Å². The van der Waals surface area contributed by atoms with Crippen molar-refractivity contribution in [2.24, 2.45) is 5.92 Å². The fourth-order valence-corrected chi connectivity index (χ4v) is 1.29. The third-order valence-electron chi connectivity index (χ3n) is 1.95. The lowest BCUT2D eigenvalue weighted by Crippen LogP contribution is -2.40. The van der Waals surface area contributed by atoms with Gasteiger partial charge in [-0.3, -0.25) is 0 Å². The average Bonchev–Trinajstić information content (AvgIpc) is 1.86.